The smallest absolute Gasteiger partial charge is 0.306 e. The second kappa shape index (κ2) is 50.6. The van der Waals surface area contributed by atoms with Crippen molar-refractivity contribution in [1.82, 2.24) is 5.32 Å². The van der Waals surface area contributed by atoms with Gasteiger partial charge in [-0.3, -0.25) is 9.59 Å². The number of rotatable bonds is 51. The van der Waals surface area contributed by atoms with E-state index in [0.717, 1.165) is 44.9 Å². The van der Waals surface area contributed by atoms with Gasteiger partial charge in [-0.15, -0.1) is 0 Å². The fourth-order valence-electron chi connectivity index (χ4n) is 8.84. The molecule has 0 spiro atoms. The Morgan fingerprint density at radius 3 is 1.15 bits per heavy atom. The van der Waals surface area contributed by atoms with Gasteiger partial charge in [0.1, 0.15) is 6.10 Å². The zero-order valence-electron chi connectivity index (χ0n) is 42.0. The largest absolute Gasteiger partial charge is 0.462 e. The van der Waals surface area contributed by atoms with E-state index in [0.29, 0.717) is 19.3 Å². The first-order valence-electron chi connectivity index (χ1n) is 27.9. The van der Waals surface area contributed by atoms with Gasteiger partial charge in [-0.2, -0.15) is 0 Å². The van der Waals surface area contributed by atoms with Gasteiger partial charge in [0, 0.05) is 6.42 Å². The minimum Gasteiger partial charge on any atom is -0.462 e. The number of unbranched alkanes of at least 4 members (excludes halogenated alkanes) is 37. The van der Waals surface area contributed by atoms with Gasteiger partial charge in [0.2, 0.25) is 5.91 Å². The Morgan fingerprint density at radius 2 is 0.774 bits per heavy atom. The number of aliphatic hydroxyl groups is 2. The van der Waals surface area contributed by atoms with E-state index in [-0.39, 0.29) is 24.9 Å². The molecule has 3 unspecified atom stereocenters. The monoisotopic (exact) mass is 876 g/mol. The lowest BCUT2D eigenvalue weighted by Gasteiger charge is -2.24. The van der Waals surface area contributed by atoms with E-state index in [1.807, 2.05) is 0 Å². The number of hydrogen-bond donors (Lipinski definition) is 3. The van der Waals surface area contributed by atoms with Crippen LogP contribution >= 0.6 is 0 Å². The summed E-state index contributed by atoms with van der Waals surface area (Å²) in [6, 6.07) is -0.694. The van der Waals surface area contributed by atoms with Crippen molar-refractivity contribution in [2.75, 3.05) is 6.61 Å². The molecule has 0 saturated carbocycles. The normalized spacial score (nSPS) is 13.2. The molecule has 0 aromatic heterocycles. The molecule has 0 rings (SSSR count). The number of hydrogen-bond acceptors (Lipinski definition) is 5. The van der Waals surface area contributed by atoms with Crippen LogP contribution in [-0.2, 0) is 14.3 Å². The summed E-state index contributed by atoms with van der Waals surface area (Å²) in [6.45, 7) is 6.49. The maximum absolute atomic E-state index is 13.2. The number of carbonyl (C=O) groups excluding carboxylic acids is 2. The molecule has 0 aromatic rings. The third-order valence-electron chi connectivity index (χ3n) is 13.1. The van der Waals surface area contributed by atoms with Crippen LogP contribution in [0.3, 0.4) is 0 Å². The number of aliphatic hydroxyl groups excluding tert-OH is 2. The molecule has 62 heavy (non-hydrogen) atoms. The molecule has 6 heteroatoms. The molecular weight excluding hydrogens is 767 g/mol. The summed E-state index contributed by atoms with van der Waals surface area (Å²) in [4.78, 5) is 26.1. The third-order valence-corrected chi connectivity index (χ3v) is 13.1. The van der Waals surface area contributed by atoms with Gasteiger partial charge >= 0.3 is 5.97 Å². The van der Waals surface area contributed by atoms with Crippen molar-refractivity contribution in [1.29, 1.82) is 0 Å². The number of amides is 1. The third kappa shape index (κ3) is 45.2. The Labute approximate surface area is 387 Å². The van der Waals surface area contributed by atoms with Gasteiger partial charge in [0.05, 0.1) is 25.2 Å². The molecule has 0 bridgehead atoms. The molecule has 0 saturated heterocycles. The van der Waals surface area contributed by atoms with Crippen LogP contribution in [-0.4, -0.2) is 46.9 Å². The molecule has 1 amide bonds. The highest BCUT2D eigenvalue weighted by molar-refractivity contribution is 5.77. The topological polar surface area (TPSA) is 95.9 Å². The van der Waals surface area contributed by atoms with Crippen LogP contribution in [0.5, 0.6) is 0 Å². The highest BCUT2D eigenvalue weighted by atomic mass is 16.5. The molecule has 0 aliphatic rings. The Hall–Kier alpha value is -1.40. The summed E-state index contributed by atoms with van der Waals surface area (Å²) in [5.41, 5.74) is 0. The van der Waals surface area contributed by atoms with Crippen molar-refractivity contribution in [2.45, 2.75) is 328 Å². The first-order valence-corrected chi connectivity index (χ1v) is 27.9. The van der Waals surface area contributed by atoms with Crippen LogP contribution in [0.4, 0.5) is 0 Å². The first-order chi connectivity index (χ1) is 30.5. The number of ether oxygens (including phenoxy) is 1. The quantitative estimate of drug-likeness (QED) is 0.0321. The van der Waals surface area contributed by atoms with Crippen molar-refractivity contribution in [3.8, 4) is 0 Å². The van der Waals surface area contributed by atoms with Crippen LogP contribution in [0.15, 0.2) is 12.2 Å². The fourth-order valence-corrected chi connectivity index (χ4v) is 8.84. The van der Waals surface area contributed by atoms with Gasteiger partial charge in [-0.1, -0.05) is 258 Å². The highest BCUT2D eigenvalue weighted by Crippen LogP contribution is 2.19. The summed E-state index contributed by atoms with van der Waals surface area (Å²) in [5, 5.41) is 23.8. The Morgan fingerprint density at radius 1 is 0.452 bits per heavy atom. The summed E-state index contributed by atoms with van der Waals surface area (Å²) >= 11 is 0. The SMILES string of the molecule is CCCCCCCC/C=C/CCCCCCCCCCCC(=O)OC(CCCCCCCCCC)CC(=O)NC(CO)C(O)CCCCCCCCCCCCCCCCCC. The van der Waals surface area contributed by atoms with Crippen LogP contribution < -0.4 is 5.32 Å². The molecule has 0 aromatic carbocycles. The molecule has 0 fully saturated rings. The van der Waals surface area contributed by atoms with E-state index in [9.17, 15) is 19.8 Å². The summed E-state index contributed by atoms with van der Waals surface area (Å²) in [5.74, 6) is -0.460. The average Bonchev–Trinajstić information content (AvgIpc) is 3.26. The van der Waals surface area contributed by atoms with Crippen LogP contribution in [0.2, 0.25) is 0 Å². The average molecular weight is 876 g/mol. The summed E-state index contributed by atoms with van der Waals surface area (Å²) < 4.78 is 5.93. The van der Waals surface area contributed by atoms with Crippen molar-refractivity contribution in [2.24, 2.45) is 0 Å². The fraction of sp³-hybridized carbons (Fsp3) is 0.929. The standard InChI is InChI=1S/C56H109NO5/c1-4-7-10-13-16-19-21-23-25-27-28-29-31-33-35-37-40-43-46-49-56(61)62-52(47-44-41-38-18-15-12-9-6-3)50-55(60)57-53(51-58)54(59)48-45-42-39-36-34-32-30-26-24-22-20-17-14-11-8-5-2/h23,25,52-54,58-59H,4-22,24,26-51H2,1-3H3,(H,57,60)/b25-23+. The Kier molecular flexibility index (Phi) is 49.5. The minimum atomic E-state index is -0.781. The molecule has 368 valence electrons. The Balaban J connectivity index is 4.31. The van der Waals surface area contributed by atoms with Gasteiger partial charge in [-0.05, 0) is 51.4 Å². The maximum atomic E-state index is 13.2. The molecular formula is C56H109NO5. The van der Waals surface area contributed by atoms with Gasteiger partial charge in [0.15, 0.2) is 0 Å². The minimum absolute atomic E-state index is 0.0833. The number of nitrogens with one attached hydrogen (secondary N) is 1. The van der Waals surface area contributed by atoms with Crippen LogP contribution in [0.25, 0.3) is 0 Å². The van der Waals surface area contributed by atoms with Crippen LogP contribution in [0.1, 0.15) is 310 Å². The zero-order chi connectivity index (χ0) is 45.2. The van der Waals surface area contributed by atoms with E-state index in [2.05, 4.69) is 38.2 Å². The predicted octanol–water partition coefficient (Wildman–Crippen LogP) is 16.9. The molecule has 0 heterocycles. The van der Waals surface area contributed by atoms with E-state index in [1.165, 1.54) is 218 Å². The number of carbonyl (C=O) groups is 2. The lowest BCUT2D eigenvalue weighted by Crippen LogP contribution is -2.46. The van der Waals surface area contributed by atoms with Crippen molar-refractivity contribution in [3.63, 3.8) is 0 Å². The van der Waals surface area contributed by atoms with Crippen molar-refractivity contribution < 1.29 is 24.5 Å². The van der Waals surface area contributed by atoms with Crippen molar-refractivity contribution >= 4 is 11.9 Å². The number of esters is 1. The lowest BCUT2D eigenvalue weighted by molar-refractivity contribution is -0.151. The molecule has 0 aliphatic heterocycles. The van der Waals surface area contributed by atoms with Crippen molar-refractivity contribution in [3.05, 3.63) is 12.2 Å². The van der Waals surface area contributed by atoms with E-state index in [1.54, 1.807) is 0 Å². The van der Waals surface area contributed by atoms with E-state index >= 15 is 0 Å². The lowest BCUT2D eigenvalue weighted by atomic mass is 10.0. The maximum Gasteiger partial charge on any atom is 0.306 e. The first kappa shape index (κ1) is 60.6. The highest BCUT2D eigenvalue weighted by Gasteiger charge is 2.24. The van der Waals surface area contributed by atoms with Gasteiger partial charge < -0.3 is 20.3 Å². The van der Waals surface area contributed by atoms with E-state index in [4.69, 9.17) is 4.74 Å². The van der Waals surface area contributed by atoms with Gasteiger partial charge in [-0.25, -0.2) is 0 Å². The molecule has 0 aliphatic carbocycles. The van der Waals surface area contributed by atoms with Gasteiger partial charge in [0.25, 0.3) is 0 Å². The molecule has 6 nitrogen and oxygen atoms in total. The molecule has 3 N–H and O–H groups in total. The zero-order valence-corrected chi connectivity index (χ0v) is 42.0. The second-order valence-corrected chi connectivity index (χ2v) is 19.3. The van der Waals surface area contributed by atoms with E-state index < -0.39 is 18.2 Å². The van der Waals surface area contributed by atoms with Crippen LogP contribution in [0, 0.1) is 0 Å². The molecule has 0 radical (unpaired) electrons. The number of allylic oxidation sites excluding steroid dienone is 2. The second-order valence-electron chi connectivity index (χ2n) is 19.3. The molecule has 3 atom stereocenters. The Bertz CT molecular complexity index is 939. The summed E-state index contributed by atoms with van der Waals surface area (Å²) in [6.07, 6.45) is 57.2. The predicted molar refractivity (Wildman–Crippen MR) is 269 cm³/mol. The summed E-state index contributed by atoms with van der Waals surface area (Å²) in [7, 11) is 0.